The summed E-state index contributed by atoms with van der Waals surface area (Å²) < 4.78 is 39.4. The minimum atomic E-state index is -1.69. The van der Waals surface area contributed by atoms with Crippen molar-refractivity contribution in [3.8, 4) is 0 Å². The Labute approximate surface area is 148 Å². The highest BCUT2D eigenvalue weighted by molar-refractivity contribution is 5.95. The molecular formula is C18H18F3N3O2. The average Bonchev–Trinajstić information content (AvgIpc) is 2.65. The Morgan fingerprint density at radius 2 is 1.46 bits per heavy atom. The molecule has 0 unspecified atom stereocenters. The second-order valence-electron chi connectivity index (χ2n) is 5.49. The smallest absolute Gasteiger partial charge is 0.254 e. The Balaban J connectivity index is 1.75. The second-order valence-corrected chi connectivity index (χ2v) is 5.49. The number of amides is 2. The van der Waals surface area contributed by atoms with Gasteiger partial charge in [0.05, 0.1) is 5.56 Å². The number of hydrogen-bond donors (Lipinski definition) is 3. The fourth-order valence-corrected chi connectivity index (χ4v) is 2.18. The summed E-state index contributed by atoms with van der Waals surface area (Å²) >= 11 is 0. The molecule has 0 aliphatic rings. The molecule has 0 saturated heterocycles. The van der Waals surface area contributed by atoms with E-state index in [0.29, 0.717) is 24.6 Å². The average molecular weight is 365 g/mol. The first kappa shape index (κ1) is 19.5. The summed E-state index contributed by atoms with van der Waals surface area (Å²) in [4.78, 5) is 23.7. The van der Waals surface area contributed by atoms with Crippen molar-refractivity contribution in [2.45, 2.75) is 13.0 Å². The van der Waals surface area contributed by atoms with Gasteiger partial charge in [0, 0.05) is 25.2 Å². The Kier molecular flexibility index (Phi) is 6.74. The molecule has 0 aliphatic carbocycles. The lowest BCUT2D eigenvalue weighted by atomic mass is 10.1. The molecule has 2 aromatic rings. The van der Waals surface area contributed by atoms with Crippen molar-refractivity contribution in [2.75, 3.05) is 13.1 Å². The van der Waals surface area contributed by atoms with Gasteiger partial charge in [-0.25, -0.2) is 13.2 Å². The highest BCUT2D eigenvalue weighted by Gasteiger charge is 2.18. The van der Waals surface area contributed by atoms with E-state index in [4.69, 9.17) is 5.73 Å². The molecule has 0 aromatic heterocycles. The number of halogens is 3. The predicted octanol–water partition coefficient (Wildman–Crippen LogP) is 2.11. The van der Waals surface area contributed by atoms with Gasteiger partial charge in [-0.15, -0.1) is 0 Å². The maximum absolute atomic E-state index is 13.5. The van der Waals surface area contributed by atoms with Gasteiger partial charge in [0.15, 0.2) is 17.5 Å². The minimum Gasteiger partial charge on any atom is -0.352 e. The normalized spacial score (nSPS) is 10.5. The summed E-state index contributed by atoms with van der Waals surface area (Å²) in [6.45, 7) is 0.793. The van der Waals surface area contributed by atoms with Crippen LogP contribution in [-0.2, 0) is 6.54 Å². The molecule has 2 amide bonds. The third-order valence-corrected chi connectivity index (χ3v) is 3.66. The largest absolute Gasteiger partial charge is 0.352 e. The number of carbonyl (C=O) groups is 2. The molecule has 2 rings (SSSR count). The molecule has 0 radical (unpaired) electrons. The Morgan fingerprint density at radius 3 is 2.08 bits per heavy atom. The van der Waals surface area contributed by atoms with E-state index in [0.717, 1.165) is 11.6 Å². The molecule has 0 saturated carbocycles. The molecule has 0 bridgehead atoms. The van der Waals surface area contributed by atoms with Crippen LogP contribution in [0.1, 0.15) is 32.7 Å². The SMILES string of the molecule is NCc1ccc(C(=O)NCCCNC(=O)c2ccc(F)c(F)c2F)cc1. The van der Waals surface area contributed by atoms with Gasteiger partial charge in [-0.2, -0.15) is 0 Å². The van der Waals surface area contributed by atoms with E-state index < -0.39 is 28.9 Å². The molecule has 26 heavy (non-hydrogen) atoms. The standard InChI is InChI=1S/C18H18F3N3O2/c19-14-7-6-13(15(20)16(14)21)18(26)24-9-1-8-23-17(25)12-4-2-11(10-22)3-5-12/h2-7H,1,8-10,22H2,(H,23,25)(H,24,26). The molecule has 138 valence electrons. The molecule has 0 heterocycles. The van der Waals surface area contributed by atoms with Crippen molar-refractivity contribution in [3.63, 3.8) is 0 Å². The van der Waals surface area contributed by atoms with Crippen LogP contribution in [0.3, 0.4) is 0 Å². The van der Waals surface area contributed by atoms with Gasteiger partial charge in [-0.05, 0) is 36.2 Å². The lowest BCUT2D eigenvalue weighted by molar-refractivity contribution is 0.0947. The van der Waals surface area contributed by atoms with Gasteiger partial charge >= 0.3 is 0 Å². The van der Waals surface area contributed by atoms with Crippen LogP contribution in [0.2, 0.25) is 0 Å². The monoisotopic (exact) mass is 365 g/mol. The van der Waals surface area contributed by atoms with Gasteiger partial charge in [0.1, 0.15) is 0 Å². The highest BCUT2D eigenvalue weighted by atomic mass is 19.2. The molecular weight excluding hydrogens is 347 g/mol. The number of nitrogens with one attached hydrogen (secondary N) is 2. The lowest BCUT2D eigenvalue weighted by Gasteiger charge is -2.08. The summed E-state index contributed by atoms with van der Waals surface area (Å²) in [6, 6.07) is 8.38. The Bertz CT molecular complexity index is 795. The van der Waals surface area contributed by atoms with Crippen molar-refractivity contribution in [2.24, 2.45) is 5.73 Å². The van der Waals surface area contributed by atoms with Gasteiger partial charge in [0.2, 0.25) is 0 Å². The first-order valence-corrected chi connectivity index (χ1v) is 7.93. The summed E-state index contributed by atoms with van der Waals surface area (Å²) in [5.74, 6) is -5.71. The van der Waals surface area contributed by atoms with Gasteiger partial charge in [-0.3, -0.25) is 9.59 Å². The molecule has 0 fully saturated rings. The molecule has 5 nitrogen and oxygen atoms in total. The fraction of sp³-hybridized carbons (Fsp3) is 0.222. The zero-order chi connectivity index (χ0) is 19.1. The number of carbonyl (C=O) groups excluding carboxylic acids is 2. The quantitative estimate of drug-likeness (QED) is 0.519. The molecule has 4 N–H and O–H groups in total. The van der Waals surface area contributed by atoms with Crippen LogP contribution in [0, 0.1) is 17.5 Å². The maximum atomic E-state index is 13.5. The third-order valence-electron chi connectivity index (χ3n) is 3.66. The first-order chi connectivity index (χ1) is 12.4. The molecule has 8 heteroatoms. The summed E-state index contributed by atoms with van der Waals surface area (Å²) in [7, 11) is 0. The van der Waals surface area contributed by atoms with Crippen LogP contribution < -0.4 is 16.4 Å². The van der Waals surface area contributed by atoms with Crippen molar-refractivity contribution in [3.05, 3.63) is 70.5 Å². The Morgan fingerprint density at radius 1 is 0.846 bits per heavy atom. The van der Waals surface area contributed by atoms with E-state index in [1.54, 1.807) is 24.3 Å². The zero-order valence-corrected chi connectivity index (χ0v) is 13.8. The lowest BCUT2D eigenvalue weighted by Crippen LogP contribution is -2.30. The number of benzene rings is 2. The van der Waals surface area contributed by atoms with Crippen molar-refractivity contribution < 1.29 is 22.8 Å². The number of rotatable bonds is 7. The van der Waals surface area contributed by atoms with E-state index in [1.807, 2.05) is 0 Å². The summed E-state index contributed by atoms with van der Waals surface area (Å²) in [6.07, 6.45) is 0.379. The zero-order valence-electron chi connectivity index (χ0n) is 13.8. The summed E-state index contributed by atoms with van der Waals surface area (Å²) in [5, 5.41) is 5.05. The van der Waals surface area contributed by atoms with Crippen LogP contribution in [0.25, 0.3) is 0 Å². The van der Waals surface area contributed by atoms with Gasteiger partial charge < -0.3 is 16.4 Å². The second kappa shape index (κ2) is 9.00. The van der Waals surface area contributed by atoms with E-state index in [9.17, 15) is 22.8 Å². The summed E-state index contributed by atoms with van der Waals surface area (Å²) in [5.41, 5.74) is 6.30. The highest BCUT2D eigenvalue weighted by Crippen LogP contribution is 2.14. The topological polar surface area (TPSA) is 84.2 Å². The molecule has 0 spiro atoms. The first-order valence-electron chi connectivity index (χ1n) is 7.93. The van der Waals surface area contributed by atoms with E-state index in [1.165, 1.54) is 0 Å². The number of nitrogens with two attached hydrogens (primary N) is 1. The van der Waals surface area contributed by atoms with Crippen LogP contribution >= 0.6 is 0 Å². The van der Waals surface area contributed by atoms with E-state index >= 15 is 0 Å². The van der Waals surface area contributed by atoms with Crippen LogP contribution in [0.15, 0.2) is 36.4 Å². The minimum absolute atomic E-state index is 0.129. The van der Waals surface area contributed by atoms with Gasteiger partial charge in [0.25, 0.3) is 11.8 Å². The molecule has 0 atom stereocenters. The third kappa shape index (κ3) is 4.82. The van der Waals surface area contributed by atoms with Crippen LogP contribution in [-0.4, -0.2) is 24.9 Å². The van der Waals surface area contributed by atoms with Crippen molar-refractivity contribution in [1.29, 1.82) is 0 Å². The van der Waals surface area contributed by atoms with Gasteiger partial charge in [-0.1, -0.05) is 12.1 Å². The van der Waals surface area contributed by atoms with Crippen molar-refractivity contribution >= 4 is 11.8 Å². The molecule has 0 aliphatic heterocycles. The van der Waals surface area contributed by atoms with E-state index in [2.05, 4.69) is 10.6 Å². The van der Waals surface area contributed by atoms with Crippen LogP contribution in [0.5, 0.6) is 0 Å². The Hall–Kier alpha value is -2.87. The van der Waals surface area contributed by atoms with Crippen molar-refractivity contribution in [1.82, 2.24) is 10.6 Å². The van der Waals surface area contributed by atoms with E-state index in [-0.39, 0.29) is 19.0 Å². The predicted molar refractivity (Wildman–Crippen MR) is 89.9 cm³/mol. The fourth-order valence-electron chi connectivity index (χ4n) is 2.18. The number of hydrogen-bond acceptors (Lipinski definition) is 3. The molecule has 2 aromatic carbocycles. The maximum Gasteiger partial charge on any atom is 0.254 e. The van der Waals surface area contributed by atoms with Crippen LogP contribution in [0.4, 0.5) is 13.2 Å².